The van der Waals surface area contributed by atoms with Crippen LogP contribution in [-0.4, -0.2) is 70.6 Å². The van der Waals surface area contributed by atoms with Gasteiger partial charge < -0.3 is 4.89 Å². The van der Waals surface area contributed by atoms with E-state index < -0.39 is 20.2 Å². The molecule has 4 aliphatic rings. The third kappa shape index (κ3) is 4.86. The van der Waals surface area contributed by atoms with Gasteiger partial charge in [0.05, 0.1) is 5.75 Å². The van der Waals surface area contributed by atoms with Crippen molar-refractivity contribution in [2.24, 2.45) is 5.92 Å². The first-order valence-corrected chi connectivity index (χ1v) is 15.3. The molecule has 10 nitrogen and oxygen atoms in total. The largest absolute Gasteiger partial charge is 0.337 e. The average Bonchev–Trinajstić information content (AvgIpc) is 3.26. The van der Waals surface area contributed by atoms with E-state index in [1.54, 1.807) is 11.2 Å². The van der Waals surface area contributed by atoms with Crippen molar-refractivity contribution in [3.63, 3.8) is 0 Å². The lowest BCUT2D eigenvalue weighted by atomic mass is 9.77. The first-order chi connectivity index (χ1) is 16.3. The molecule has 4 heterocycles. The lowest BCUT2D eigenvalue weighted by Gasteiger charge is -2.51. The molecule has 5 rings (SSSR count). The van der Waals surface area contributed by atoms with Crippen LogP contribution in [0.5, 0.6) is 5.75 Å². The van der Waals surface area contributed by atoms with Crippen molar-refractivity contribution >= 4 is 20.2 Å². The summed E-state index contributed by atoms with van der Waals surface area (Å²) in [5.41, 5.74) is 3.62. The Morgan fingerprint density at radius 1 is 1.12 bits per heavy atom. The van der Waals surface area contributed by atoms with E-state index in [0.29, 0.717) is 19.1 Å². The fourth-order valence-electron chi connectivity index (χ4n) is 6.00. The second kappa shape index (κ2) is 9.64. The van der Waals surface area contributed by atoms with Gasteiger partial charge in [-0.05, 0) is 61.3 Å². The van der Waals surface area contributed by atoms with Gasteiger partial charge >= 0.3 is 0 Å². The quantitative estimate of drug-likeness (QED) is 0.393. The van der Waals surface area contributed by atoms with Gasteiger partial charge in [-0.1, -0.05) is 6.92 Å². The van der Waals surface area contributed by atoms with E-state index in [1.807, 2.05) is 0 Å². The standard InChI is InChI=1S/C22H34N4O6S2/c1-2-23-34(29,30)24-7-4-10-33(27,28)26-8-3-5-17-14-25-9-6-16-11-18-15-31-32-22(18)12-19(16)21(25)13-20(17)26/h11-12,17,20-21,23-24H,2-10,13-15H2,1H3/t17-,20+,21-/m0/s1. The molecule has 0 aliphatic carbocycles. The number of rotatable bonds is 8. The molecule has 1 aromatic rings. The summed E-state index contributed by atoms with van der Waals surface area (Å²) in [4.78, 5) is 13.0. The summed E-state index contributed by atoms with van der Waals surface area (Å²) in [6.45, 7) is 4.96. The van der Waals surface area contributed by atoms with Crippen molar-refractivity contribution < 1.29 is 26.6 Å². The SMILES string of the molecule is CCNS(=O)(=O)NCCCS(=O)(=O)N1CCC[C@H]2CN3CCc4cc5c(cc4[C@@H]3C[C@H]21)OOC5. The fourth-order valence-corrected chi connectivity index (χ4v) is 8.71. The van der Waals surface area contributed by atoms with E-state index in [0.717, 1.165) is 50.1 Å². The molecule has 3 atom stereocenters. The monoisotopic (exact) mass is 514 g/mol. The Hall–Kier alpha value is -1.28. The second-order valence-electron chi connectivity index (χ2n) is 9.65. The van der Waals surface area contributed by atoms with Crippen LogP contribution < -0.4 is 14.3 Å². The van der Waals surface area contributed by atoms with Crippen molar-refractivity contribution in [1.29, 1.82) is 0 Å². The normalized spacial score (nSPS) is 27.4. The summed E-state index contributed by atoms with van der Waals surface area (Å²) in [5, 5.41) is 0. The van der Waals surface area contributed by atoms with Crippen LogP contribution in [0.1, 0.15) is 55.3 Å². The van der Waals surface area contributed by atoms with Gasteiger partial charge in [-0.2, -0.15) is 17.6 Å². The van der Waals surface area contributed by atoms with E-state index >= 15 is 0 Å². The maximum Gasteiger partial charge on any atom is 0.276 e. The fraction of sp³-hybridized carbons (Fsp3) is 0.727. The molecular formula is C22H34N4O6S2. The second-order valence-corrected chi connectivity index (χ2v) is 13.3. The van der Waals surface area contributed by atoms with Crippen molar-refractivity contribution in [2.75, 3.05) is 38.5 Å². The first kappa shape index (κ1) is 24.4. The summed E-state index contributed by atoms with van der Waals surface area (Å²) in [7, 11) is -7.07. The Morgan fingerprint density at radius 2 is 1.97 bits per heavy atom. The van der Waals surface area contributed by atoms with Gasteiger partial charge in [-0.3, -0.25) is 4.90 Å². The highest BCUT2D eigenvalue weighted by molar-refractivity contribution is 7.89. The topological polar surface area (TPSA) is 117 Å². The van der Waals surface area contributed by atoms with Crippen molar-refractivity contribution in [3.05, 3.63) is 28.8 Å². The molecule has 0 unspecified atom stereocenters. The van der Waals surface area contributed by atoms with Gasteiger partial charge in [-0.15, -0.1) is 0 Å². The van der Waals surface area contributed by atoms with Crippen LogP contribution in [0, 0.1) is 5.92 Å². The Morgan fingerprint density at radius 3 is 2.79 bits per heavy atom. The van der Waals surface area contributed by atoms with Crippen LogP contribution in [0.2, 0.25) is 0 Å². The highest BCUT2D eigenvalue weighted by Crippen LogP contribution is 2.45. The average molecular weight is 515 g/mol. The Kier molecular flexibility index (Phi) is 6.92. The van der Waals surface area contributed by atoms with Crippen LogP contribution in [0.4, 0.5) is 0 Å². The highest BCUT2D eigenvalue weighted by atomic mass is 32.2. The molecule has 0 spiro atoms. The minimum absolute atomic E-state index is 0.0326. The highest BCUT2D eigenvalue weighted by Gasteiger charge is 2.46. The lowest BCUT2D eigenvalue weighted by Crippen LogP contribution is -2.57. The minimum atomic E-state index is -3.57. The number of hydrogen-bond donors (Lipinski definition) is 2. The van der Waals surface area contributed by atoms with Crippen molar-refractivity contribution in [2.45, 2.75) is 57.7 Å². The zero-order valence-electron chi connectivity index (χ0n) is 19.5. The number of fused-ring (bicyclic) bond motifs is 5. The van der Waals surface area contributed by atoms with Crippen LogP contribution >= 0.6 is 0 Å². The maximum absolute atomic E-state index is 13.3. The van der Waals surface area contributed by atoms with Gasteiger partial charge in [0, 0.05) is 50.4 Å². The molecule has 1 aromatic carbocycles. The van der Waals surface area contributed by atoms with E-state index in [-0.39, 0.29) is 37.3 Å². The van der Waals surface area contributed by atoms with Gasteiger partial charge in [0.2, 0.25) is 10.0 Å². The first-order valence-electron chi connectivity index (χ1n) is 12.2. The summed E-state index contributed by atoms with van der Waals surface area (Å²) < 4.78 is 56.6. The molecular weight excluding hydrogens is 480 g/mol. The Balaban J connectivity index is 1.29. The van der Waals surface area contributed by atoms with Gasteiger partial charge in [0.15, 0.2) is 5.75 Å². The third-order valence-corrected chi connectivity index (χ3v) is 10.7. The zero-order chi connectivity index (χ0) is 23.9. The number of piperidine rings is 2. The van der Waals surface area contributed by atoms with Crippen LogP contribution in [-0.2, 0) is 38.1 Å². The molecule has 4 aliphatic heterocycles. The maximum atomic E-state index is 13.3. The number of nitrogens with zero attached hydrogens (tertiary/aromatic N) is 2. The smallest absolute Gasteiger partial charge is 0.276 e. The number of sulfonamides is 1. The van der Waals surface area contributed by atoms with E-state index in [2.05, 4.69) is 26.5 Å². The Labute approximate surface area is 202 Å². The summed E-state index contributed by atoms with van der Waals surface area (Å²) in [6.07, 6.45) is 3.89. The van der Waals surface area contributed by atoms with E-state index in [1.165, 1.54) is 11.1 Å². The molecule has 34 heavy (non-hydrogen) atoms. The number of hydrogen-bond acceptors (Lipinski definition) is 7. The third-order valence-electron chi connectivity index (χ3n) is 7.52. The van der Waals surface area contributed by atoms with Crippen molar-refractivity contribution in [1.82, 2.24) is 18.6 Å². The lowest BCUT2D eigenvalue weighted by molar-refractivity contribution is -0.194. The predicted molar refractivity (Wildman–Crippen MR) is 127 cm³/mol. The summed E-state index contributed by atoms with van der Waals surface area (Å²) >= 11 is 0. The molecule has 2 N–H and O–H groups in total. The van der Waals surface area contributed by atoms with Gasteiger partial charge in [0.25, 0.3) is 10.2 Å². The number of nitrogens with one attached hydrogen (secondary N) is 2. The molecule has 0 bridgehead atoms. The van der Waals surface area contributed by atoms with Crippen LogP contribution in [0.15, 0.2) is 12.1 Å². The molecule has 2 saturated heterocycles. The molecule has 0 saturated carbocycles. The van der Waals surface area contributed by atoms with E-state index in [4.69, 9.17) is 9.78 Å². The number of benzene rings is 1. The molecule has 0 radical (unpaired) electrons. The Bertz CT molecular complexity index is 1130. The zero-order valence-corrected chi connectivity index (χ0v) is 21.2. The minimum Gasteiger partial charge on any atom is -0.337 e. The summed E-state index contributed by atoms with van der Waals surface area (Å²) in [5.74, 6) is 1.03. The van der Waals surface area contributed by atoms with Gasteiger partial charge in [0.1, 0.15) is 6.61 Å². The summed E-state index contributed by atoms with van der Waals surface area (Å²) in [6, 6.07) is 4.41. The van der Waals surface area contributed by atoms with E-state index in [9.17, 15) is 16.8 Å². The molecule has 12 heteroatoms. The van der Waals surface area contributed by atoms with Gasteiger partial charge in [-0.25, -0.2) is 17.9 Å². The van der Waals surface area contributed by atoms with Crippen LogP contribution in [0.3, 0.4) is 0 Å². The molecule has 0 amide bonds. The van der Waals surface area contributed by atoms with Crippen molar-refractivity contribution in [3.8, 4) is 5.75 Å². The molecule has 190 valence electrons. The molecule has 0 aromatic heterocycles. The molecule has 2 fully saturated rings. The predicted octanol–water partition coefficient (Wildman–Crippen LogP) is 1.06. The van der Waals surface area contributed by atoms with Crippen LogP contribution in [0.25, 0.3) is 0 Å².